The van der Waals surface area contributed by atoms with E-state index in [0.717, 1.165) is 6.07 Å². The zero-order chi connectivity index (χ0) is 13.4. The molecule has 0 saturated heterocycles. The molecule has 2 aromatic rings. The van der Waals surface area contributed by atoms with E-state index in [9.17, 15) is 9.50 Å². The average Bonchev–Trinajstić information content (AvgIpc) is 2.66. The molecule has 0 aliphatic rings. The van der Waals surface area contributed by atoms with Crippen LogP contribution in [-0.4, -0.2) is 22.0 Å². The summed E-state index contributed by atoms with van der Waals surface area (Å²) in [5.74, 6) is -0.391. The predicted molar refractivity (Wildman–Crippen MR) is 68.9 cm³/mol. The van der Waals surface area contributed by atoms with E-state index in [4.69, 9.17) is 10.5 Å². The first-order valence-electron chi connectivity index (χ1n) is 5.00. The number of hydrogen-bond donors (Lipinski definition) is 2. The van der Waals surface area contributed by atoms with Gasteiger partial charge in [-0.25, -0.2) is 4.39 Å². The molecule has 0 spiro atoms. The Morgan fingerprint density at radius 1 is 1.56 bits per heavy atom. The highest BCUT2D eigenvalue weighted by Gasteiger charge is 2.21. The van der Waals surface area contributed by atoms with Gasteiger partial charge in [0.15, 0.2) is 11.5 Å². The van der Waals surface area contributed by atoms with E-state index >= 15 is 0 Å². The third-order valence-electron chi connectivity index (χ3n) is 2.63. The summed E-state index contributed by atoms with van der Waals surface area (Å²) in [7, 11) is 2.99. The van der Waals surface area contributed by atoms with E-state index in [2.05, 4.69) is 21.0 Å². The fourth-order valence-electron chi connectivity index (χ4n) is 1.63. The van der Waals surface area contributed by atoms with E-state index in [1.54, 1.807) is 7.05 Å². The summed E-state index contributed by atoms with van der Waals surface area (Å²) in [6.07, 6.45) is 1.43. The summed E-state index contributed by atoms with van der Waals surface area (Å²) in [5, 5.41) is 13.8. The molecule has 5 nitrogen and oxygen atoms in total. The van der Waals surface area contributed by atoms with Gasteiger partial charge in [-0.2, -0.15) is 5.10 Å². The number of aryl methyl sites for hydroxylation is 1. The first-order valence-corrected chi connectivity index (χ1v) is 5.79. The normalized spacial score (nSPS) is 10.7. The van der Waals surface area contributed by atoms with Gasteiger partial charge in [0, 0.05) is 24.2 Å². The summed E-state index contributed by atoms with van der Waals surface area (Å²) >= 11 is 3.14. The van der Waals surface area contributed by atoms with E-state index in [0.29, 0.717) is 11.4 Å². The highest BCUT2D eigenvalue weighted by atomic mass is 79.9. The molecule has 1 aromatic heterocycles. The smallest absolute Gasteiger partial charge is 0.173 e. The number of rotatable bonds is 2. The molecule has 7 heteroatoms. The van der Waals surface area contributed by atoms with E-state index in [-0.39, 0.29) is 21.5 Å². The van der Waals surface area contributed by atoms with Crippen LogP contribution in [0.2, 0.25) is 0 Å². The number of nitrogens with zero attached hydrogens (tertiary/aromatic N) is 2. The lowest BCUT2D eigenvalue weighted by atomic mass is 10.1. The van der Waals surface area contributed by atoms with Crippen molar-refractivity contribution < 1.29 is 14.2 Å². The van der Waals surface area contributed by atoms with Crippen molar-refractivity contribution >= 4 is 21.7 Å². The van der Waals surface area contributed by atoms with Crippen LogP contribution in [0.4, 0.5) is 10.2 Å². The molecule has 3 N–H and O–H groups in total. The minimum atomic E-state index is -0.559. The van der Waals surface area contributed by atoms with Crippen LogP contribution < -0.4 is 10.5 Å². The molecular weight excluding hydrogens is 305 g/mol. The van der Waals surface area contributed by atoms with Crippen LogP contribution in [0, 0.1) is 5.82 Å². The second-order valence-electron chi connectivity index (χ2n) is 3.67. The van der Waals surface area contributed by atoms with Gasteiger partial charge in [0.25, 0.3) is 0 Å². The van der Waals surface area contributed by atoms with Crippen molar-refractivity contribution in [3.8, 4) is 22.6 Å². The number of benzene rings is 1. The number of anilines is 1. The molecular formula is C11H11BrFN3O2. The first-order chi connectivity index (χ1) is 8.47. The maximum absolute atomic E-state index is 14.0. The Kier molecular flexibility index (Phi) is 3.16. The SMILES string of the molecule is COc1cc(F)c(-c2cnn(C)c2N)c(Br)c1O. The third-order valence-corrected chi connectivity index (χ3v) is 3.40. The van der Waals surface area contributed by atoms with Gasteiger partial charge in [0.05, 0.1) is 17.8 Å². The van der Waals surface area contributed by atoms with Crippen molar-refractivity contribution in [1.29, 1.82) is 0 Å². The molecule has 0 atom stereocenters. The van der Waals surface area contributed by atoms with Crippen molar-refractivity contribution in [2.45, 2.75) is 0 Å². The molecule has 2 rings (SSSR count). The molecule has 96 valence electrons. The second-order valence-corrected chi connectivity index (χ2v) is 4.46. The van der Waals surface area contributed by atoms with Crippen LogP contribution in [0.25, 0.3) is 11.1 Å². The summed E-state index contributed by atoms with van der Waals surface area (Å²) in [6, 6.07) is 1.10. The third kappa shape index (κ3) is 1.80. The minimum Gasteiger partial charge on any atom is -0.503 e. The first kappa shape index (κ1) is 12.7. The zero-order valence-corrected chi connectivity index (χ0v) is 11.3. The lowest BCUT2D eigenvalue weighted by Crippen LogP contribution is -1.99. The van der Waals surface area contributed by atoms with Crippen LogP contribution in [0.5, 0.6) is 11.5 Å². The van der Waals surface area contributed by atoms with Crippen molar-refractivity contribution in [2.24, 2.45) is 7.05 Å². The number of aromatic hydroxyl groups is 1. The van der Waals surface area contributed by atoms with Gasteiger partial charge in [-0.15, -0.1) is 0 Å². The predicted octanol–water partition coefficient (Wildman–Crippen LogP) is 2.29. The quantitative estimate of drug-likeness (QED) is 0.891. The van der Waals surface area contributed by atoms with Gasteiger partial charge >= 0.3 is 0 Å². The minimum absolute atomic E-state index is 0.0468. The molecule has 0 bridgehead atoms. The van der Waals surface area contributed by atoms with Gasteiger partial charge in [0.1, 0.15) is 11.6 Å². The van der Waals surface area contributed by atoms with Gasteiger partial charge in [-0.1, -0.05) is 0 Å². The van der Waals surface area contributed by atoms with Crippen molar-refractivity contribution in [2.75, 3.05) is 12.8 Å². The monoisotopic (exact) mass is 315 g/mol. The number of halogens is 2. The molecule has 18 heavy (non-hydrogen) atoms. The van der Waals surface area contributed by atoms with Crippen LogP contribution in [0.3, 0.4) is 0 Å². The van der Waals surface area contributed by atoms with E-state index in [1.807, 2.05) is 0 Å². The Bertz CT molecular complexity index is 613. The number of aromatic nitrogens is 2. The van der Waals surface area contributed by atoms with Gasteiger partial charge in [-0.05, 0) is 15.9 Å². The number of nitrogens with two attached hydrogens (primary N) is 1. The van der Waals surface area contributed by atoms with Crippen LogP contribution >= 0.6 is 15.9 Å². The van der Waals surface area contributed by atoms with Crippen molar-refractivity contribution in [3.63, 3.8) is 0 Å². The molecule has 0 fully saturated rings. The van der Waals surface area contributed by atoms with E-state index < -0.39 is 5.82 Å². The van der Waals surface area contributed by atoms with Gasteiger partial charge in [0.2, 0.25) is 0 Å². The molecule has 1 aromatic carbocycles. The largest absolute Gasteiger partial charge is 0.503 e. The number of nitrogen functional groups attached to an aromatic ring is 1. The Morgan fingerprint density at radius 3 is 2.72 bits per heavy atom. The lowest BCUT2D eigenvalue weighted by Gasteiger charge is -2.11. The highest BCUT2D eigenvalue weighted by Crippen LogP contribution is 2.44. The van der Waals surface area contributed by atoms with Gasteiger partial charge < -0.3 is 15.6 Å². The standard InChI is InChI=1S/C11H11BrFN3O2/c1-16-11(14)5(4-15-16)8-6(13)3-7(18-2)10(17)9(8)12/h3-4,17H,14H2,1-2H3. The van der Waals surface area contributed by atoms with Crippen LogP contribution in [-0.2, 0) is 7.05 Å². The maximum atomic E-state index is 14.0. The molecule has 0 saturated carbocycles. The summed E-state index contributed by atoms with van der Waals surface area (Å²) < 4.78 is 20.5. The Morgan fingerprint density at radius 2 is 2.22 bits per heavy atom. The lowest BCUT2D eigenvalue weighted by molar-refractivity contribution is 0.369. The maximum Gasteiger partial charge on any atom is 0.173 e. The number of phenols is 1. The highest BCUT2D eigenvalue weighted by molar-refractivity contribution is 9.10. The molecule has 0 aliphatic heterocycles. The molecule has 0 unspecified atom stereocenters. The number of ether oxygens (including phenoxy) is 1. The van der Waals surface area contributed by atoms with Crippen LogP contribution in [0.1, 0.15) is 0 Å². The summed E-state index contributed by atoms with van der Waals surface area (Å²) in [5.41, 5.74) is 6.35. The number of phenolic OH excluding ortho intramolecular Hbond substituents is 1. The average molecular weight is 316 g/mol. The zero-order valence-electron chi connectivity index (χ0n) is 9.74. The summed E-state index contributed by atoms with van der Waals surface area (Å²) in [6.45, 7) is 0. The van der Waals surface area contributed by atoms with Crippen molar-refractivity contribution in [3.05, 3.63) is 22.6 Å². The molecule has 0 aliphatic carbocycles. The van der Waals surface area contributed by atoms with Gasteiger partial charge in [-0.3, -0.25) is 4.68 Å². The Balaban J connectivity index is 2.73. The number of methoxy groups -OCH3 is 1. The Labute approximate surface area is 111 Å². The molecule has 0 amide bonds. The fourth-order valence-corrected chi connectivity index (χ4v) is 2.23. The second kappa shape index (κ2) is 4.49. The summed E-state index contributed by atoms with van der Waals surface area (Å²) in [4.78, 5) is 0. The number of hydrogen-bond acceptors (Lipinski definition) is 4. The molecule has 0 radical (unpaired) electrons. The molecule has 1 heterocycles. The Hall–Kier alpha value is -1.76. The van der Waals surface area contributed by atoms with E-state index in [1.165, 1.54) is 18.0 Å². The van der Waals surface area contributed by atoms with Crippen LogP contribution in [0.15, 0.2) is 16.7 Å². The fraction of sp³-hybridized carbons (Fsp3) is 0.182. The van der Waals surface area contributed by atoms with Crippen molar-refractivity contribution in [1.82, 2.24) is 9.78 Å². The topological polar surface area (TPSA) is 73.3 Å².